The summed E-state index contributed by atoms with van der Waals surface area (Å²) in [6.07, 6.45) is -5.09. The quantitative estimate of drug-likeness (QED) is 0.297. The number of nitrogens with one attached hydrogen (secondary N) is 1. The molecule has 0 aliphatic heterocycles. The number of carboxylic acids is 1. The summed E-state index contributed by atoms with van der Waals surface area (Å²) in [5, 5.41) is 22.1. The van der Waals surface area contributed by atoms with E-state index >= 15 is 0 Å². The van der Waals surface area contributed by atoms with Gasteiger partial charge in [-0.2, -0.15) is 13.2 Å². The van der Waals surface area contributed by atoms with E-state index in [0.29, 0.717) is 13.0 Å². The van der Waals surface area contributed by atoms with Crippen LogP contribution in [0.1, 0.15) is 33.2 Å². The Balaban J connectivity index is 0.00000432. The number of hydrogen-bond acceptors (Lipinski definition) is 5. The van der Waals surface area contributed by atoms with E-state index in [1.165, 1.54) is 48.5 Å². The fourth-order valence-electron chi connectivity index (χ4n) is 3.26. The third-order valence-electron chi connectivity index (χ3n) is 5.17. The Hall–Kier alpha value is -2.21. The molecular formula is C24H23F3NNaO5S. The Labute approximate surface area is 223 Å². The monoisotopic (exact) mass is 517 g/mol. The average Bonchev–Trinajstić information content (AvgIpc) is 2.81. The van der Waals surface area contributed by atoms with E-state index in [0.717, 1.165) is 17.7 Å². The molecular weight excluding hydrogens is 494 g/mol. The summed E-state index contributed by atoms with van der Waals surface area (Å²) in [6.45, 7) is 0.471. The van der Waals surface area contributed by atoms with Crippen LogP contribution >= 0.6 is 0 Å². The number of sulfone groups is 1. The molecule has 3 aromatic rings. The van der Waals surface area contributed by atoms with Gasteiger partial charge in [0.2, 0.25) is 9.84 Å². The molecule has 0 fully saturated rings. The number of carboxylic acid groups (broad SMARTS) is 1. The van der Waals surface area contributed by atoms with Crippen LogP contribution in [0.4, 0.5) is 13.2 Å². The molecule has 0 saturated carbocycles. The molecule has 0 spiro atoms. The molecule has 3 rings (SSSR count). The number of aromatic carboxylic acids is 1. The molecule has 182 valence electrons. The molecule has 0 radical (unpaired) electrons. The number of hydrogen-bond donors (Lipinski definition) is 3. The molecule has 11 heteroatoms. The molecule has 0 unspecified atom stereocenters. The fourth-order valence-corrected chi connectivity index (χ4v) is 4.52. The number of halogens is 3. The average molecular weight is 518 g/mol. The van der Waals surface area contributed by atoms with Gasteiger partial charge in [0, 0.05) is 6.54 Å². The van der Waals surface area contributed by atoms with Gasteiger partial charge in [0.1, 0.15) is 0 Å². The standard InChI is InChI=1S/C24H22F3NO5S.Na.H/c25-24(26,27)19-3-1-2-18(14-19)22(29)15-28-13-12-16-4-8-20(9-5-16)34(32,33)21-10-6-17(7-11-21)23(30)31;;/h1-11,14,22,28-29H,12-13,15H2,(H,30,31);;/t22-;;/m1../s1. The van der Waals surface area contributed by atoms with E-state index in [-0.39, 0.29) is 57.0 Å². The van der Waals surface area contributed by atoms with Gasteiger partial charge in [0.15, 0.2) is 0 Å². The van der Waals surface area contributed by atoms with E-state index in [1.54, 1.807) is 12.1 Å². The number of rotatable bonds is 9. The van der Waals surface area contributed by atoms with Gasteiger partial charge in [-0.1, -0.05) is 24.3 Å². The van der Waals surface area contributed by atoms with Crippen molar-refractivity contribution in [2.75, 3.05) is 13.1 Å². The predicted molar refractivity (Wildman–Crippen MR) is 125 cm³/mol. The van der Waals surface area contributed by atoms with E-state index in [1.807, 2.05) is 0 Å². The Bertz CT molecular complexity index is 1250. The third kappa shape index (κ3) is 7.63. The van der Waals surface area contributed by atoms with Crippen LogP contribution in [0.15, 0.2) is 82.6 Å². The predicted octanol–water partition coefficient (Wildman–Crippen LogP) is 3.45. The van der Waals surface area contributed by atoms with Gasteiger partial charge in [-0.25, -0.2) is 13.2 Å². The summed E-state index contributed by atoms with van der Waals surface area (Å²) >= 11 is 0. The zero-order chi connectivity index (χ0) is 24.9. The first-order valence-corrected chi connectivity index (χ1v) is 11.7. The minimum absolute atomic E-state index is 0. The molecule has 0 aliphatic rings. The van der Waals surface area contributed by atoms with Gasteiger partial charge in [-0.05, 0) is 72.6 Å². The van der Waals surface area contributed by atoms with Gasteiger partial charge in [-0.15, -0.1) is 0 Å². The number of benzene rings is 3. The van der Waals surface area contributed by atoms with Crippen molar-refractivity contribution in [2.24, 2.45) is 0 Å². The van der Waals surface area contributed by atoms with Gasteiger partial charge >= 0.3 is 41.7 Å². The normalized spacial score (nSPS) is 12.6. The molecule has 0 amide bonds. The van der Waals surface area contributed by atoms with Crippen molar-refractivity contribution in [3.63, 3.8) is 0 Å². The molecule has 0 heterocycles. The van der Waals surface area contributed by atoms with Crippen LogP contribution in [0.2, 0.25) is 0 Å². The van der Waals surface area contributed by atoms with E-state index in [4.69, 9.17) is 5.11 Å². The fraction of sp³-hybridized carbons (Fsp3) is 0.208. The van der Waals surface area contributed by atoms with Crippen molar-refractivity contribution in [3.8, 4) is 0 Å². The molecule has 0 bridgehead atoms. The molecule has 0 aromatic heterocycles. The van der Waals surface area contributed by atoms with E-state index in [2.05, 4.69) is 5.32 Å². The number of alkyl halides is 3. The molecule has 6 nitrogen and oxygen atoms in total. The first-order chi connectivity index (χ1) is 16.0. The Morgan fingerprint density at radius 1 is 0.943 bits per heavy atom. The van der Waals surface area contributed by atoms with Gasteiger partial charge in [0.05, 0.1) is 27.0 Å². The summed E-state index contributed by atoms with van der Waals surface area (Å²) in [5.74, 6) is -1.15. The third-order valence-corrected chi connectivity index (χ3v) is 6.96. The maximum absolute atomic E-state index is 12.8. The molecule has 35 heavy (non-hydrogen) atoms. The first kappa shape index (κ1) is 29.0. The number of carbonyl (C=O) groups is 1. The zero-order valence-electron chi connectivity index (χ0n) is 17.8. The van der Waals surface area contributed by atoms with Crippen molar-refractivity contribution in [1.82, 2.24) is 5.32 Å². The van der Waals surface area contributed by atoms with E-state index in [9.17, 15) is 31.5 Å². The number of aliphatic hydroxyl groups is 1. The summed E-state index contributed by atoms with van der Waals surface area (Å²) in [6, 6.07) is 15.7. The van der Waals surface area contributed by atoms with Crippen molar-refractivity contribution >= 4 is 45.4 Å². The van der Waals surface area contributed by atoms with Crippen molar-refractivity contribution in [1.29, 1.82) is 0 Å². The second-order valence-corrected chi connectivity index (χ2v) is 9.52. The van der Waals surface area contributed by atoms with Crippen molar-refractivity contribution < 1.29 is 36.6 Å². The van der Waals surface area contributed by atoms with E-state index < -0.39 is 33.7 Å². The van der Waals surface area contributed by atoms with Gasteiger partial charge < -0.3 is 15.5 Å². The van der Waals surface area contributed by atoms with Crippen LogP contribution in [0, 0.1) is 0 Å². The van der Waals surface area contributed by atoms with Crippen molar-refractivity contribution in [3.05, 3.63) is 95.1 Å². The zero-order valence-corrected chi connectivity index (χ0v) is 18.6. The first-order valence-electron chi connectivity index (χ1n) is 10.2. The SMILES string of the molecule is O=C(O)c1ccc(S(=O)(=O)c2ccc(CCNC[C@@H](O)c3cccc(C(F)(F)F)c3)cc2)cc1.[NaH]. The Morgan fingerprint density at radius 2 is 1.51 bits per heavy atom. The molecule has 3 aromatic carbocycles. The van der Waals surface area contributed by atoms with Crippen LogP contribution in [-0.4, -0.2) is 67.2 Å². The number of aliphatic hydroxyl groups excluding tert-OH is 1. The second kappa shape index (κ2) is 12.2. The second-order valence-electron chi connectivity index (χ2n) is 7.57. The topological polar surface area (TPSA) is 104 Å². The van der Waals surface area contributed by atoms with Gasteiger partial charge in [0.25, 0.3) is 0 Å². The minimum atomic E-state index is -4.48. The summed E-state index contributed by atoms with van der Waals surface area (Å²) in [7, 11) is -3.80. The summed E-state index contributed by atoms with van der Waals surface area (Å²) in [4.78, 5) is 11.0. The van der Waals surface area contributed by atoms with Crippen LogP contribution < -0.4 is 5.32 Å². The summed E-state index contributed by atoms with van der Waals surface area (Å²) in [5.41, 5.74) is 0.145. The summed E-state index contributed by atoms with van der Waals surface area (Å²) < 4.78 is 63.9. The molecule has 1 atom stereocenters. The maximum atomic E-state index is 12.8. The van der Waals surface area contributed by atoms with Crippen LogP contribution in [-0.2, 0) is 22.4 Å². The van der Waals surface area contributed by atoms with Crippen molar-refractivity contribution in [2.45, 2.75) is 28.5 Å². The van der Waals surface area contributed by atoms with Crippen LogP contribution in [0.3, 0.4) is 0 Å². The molecule has 3 N–H and O–H groups in total. The van der Waals surface area contributed by atoms with Crippen LogP contribution in [0.5, 0.6) is 0 Å². The Kier molecular flexibility index (Phi) is 10.1. The molecule has 0 aliphatic carbocycles. The van der Waals surface area contributed by atoms with Crippen LogP contribution in [0.25, 0.3) is 0 Å². The molecule has 0 saturated heterocycles. The van der Waals surface area contributed by atoms with Gasteiger partial charge in [-0.3, -0.25) is 0 Å². The Morgan fingerprint density at radius 3 is 2.06 bits per heavy atom.